The van der Waals surface area contributed by atoms with Gasteiger partial charge in [0.15, 0.2) is 0 Å². The van der Waals surface area contributed by atoms with Crippen molar-refractivity contribution >= 4 is 10.0 Å². The van der Waals surface area contributed by atoms with E-state index >= 15 is 0 Å². The summed E-state index contributed by atoms with van der Waals surface area (Å²) in [4.78, 5) is 0. The van der Waals surface area contributed by atoms with Crippen LogP contribution in [-0.2, 0) is 10.0 Å². The molecule has 0 heterocycles. The predicted molar refractivity (Wildman–Crippen MR) is 52.8 cm³/mol. The van der Waals surface area contributed by atoms with Gasteiger partial charge in [0.2, 0.25) is 10.0 Å². The van der Waals surface area contributed by atoms with Crippen LogP contribution >= 0.6 is 0 Å². The Hall–Kier alpha value is -0.130. The molecule has 4 nitrogen and oxygen atoms in total. The van der Waals surface area contributed by atoms with Crippen LogP contribution in [-0.4, -0.2) is 26.8 Å². The number of nitrogens with one attached hydrogen (secondary N) is 1. The van der Waals surface area contributed by atoms with Crippen molar-refractivity contribution < 1.29 is 8.42 Å². The first-order chi connectivity index (χ1) is 6.17. The minimum Gasteiger partial charge on any atom is -0.329 e. The topological polar surface area (TPSA) is 72.2 Å². The molecule has 0 aromatic carbocycles. The lowest BCUT2D eigenvalue weighted by atomic mass is 10.0. The van der Waals surface area contributed by atoms with E-state index in [-0.39, 0.29) is 5.25 Å². The largest absolute Gasteiger partial charge is 0.329 e. The highest BCUT2D eigenvalue weighted by molar-refractivity contribution is 7.90. The molecule has 5 heteroatoms. The molecular formula is C8H18N2O2S. The minimum absolute atomic E-state index is 0.173. The molecule has 1 saturated carbocycles. The molecule has 0 saturated heterocycles. The number of rotatable bonds is 4. The molecular weight excluding hydrogens is 188 g/mol. The van der Waals surface area contributed by atoms with Crippen molar-refractivity contribution in [2.24, 2.45) is 5.73 Å². The lowest BCUT2D eigenvalue weighted by Gasteiger charge is -2.21. The van der Waals surface area contributed by atoms with E-state index in [0.717, 1.165) is 25.7 Å². The van der Waals surface area contributed by atoms with Crippen LogP contribution in [0.15, 0.2) is 0 Å². The lowest BCUT2D eigenvalue weighted by molar-refractivity contribution is 0.478. The third-order valence-corrected chi connectivity index (χ3v) is 4.39. The molecule has 0 bridgehead atoms. The van der Waals surface area contributed by atoms with E-state index in [4.69, 9.17) is 5.73 Å². The monoisotopic (exact) mass is 206 g/mol. The highest BCUT2D eigenvalue weighted by atomic mass is 32.2. The van der Waals surface area contributed by atoms with Gasteiger partial charge in [-0.3, -0.25) is 0 Å². The normalized spacial score (nSPS) is 20.4. The van der Waals surface area contributed by atoms with E-state index in [1.807, 2.05) is 0 Å². The van der Waals surface area contributed by atoms with Crippen molar-refractivity contribution in [2.75, 3.05) is 13.1 Å². The maximum absolute atomic E-state index is 11.6. The summed E-state index contributed by atoms with van der Waals surface area (Å²) in [5.41, 5.74) is 5.24. The summed E-state index contributed by atoms with van der Waals surface area (Å²) in [7, 11) is -3.08. The standard InChI is InChI=1S/C8H18N2O2S/c9-6-7-10-13(11,12)8-4-2-1-3-5-8/h8,10H,1-7,9H2. The SMILES string of the molecule is NCCNS(=O)(=O)C1CCCCC1. The highest BCUT2D eigenvalue weighted by Crippen LogP contribution is 2.22. The Balaban J connectivity index is 2.47. The van der Waals surface area contributed by atoms with Gasteiger partial charge < -0.3 is 5.73 Å². The molecule has 3 N–H and O–H groups in total. The fourth-order valence-corrected chi connectivity index (χ4v) is 3.29. The molecule has 0 aromatic heterocycles. The number of sulfonamides is 1. The van der Waals surface area contributed by atoms with Gasteiger partial charge in [0.05, 0.1) is 5.25 Å². The molecule has 0 aliphatic heterocycles. The van der Waals surface area contributed by atoms with E-state index in [2.05, 4.69) is 4.72 Å². The van der Waals surface area contributed by atoms with E-state index in [9.17, 15) is 8.42 Å². The van der Waals surface area contributed by atoms with Crippen molar-refractivity contribution in [2.45, 2.75) is 37.4 Å². The van der Waals surface area contributed by atoms with Gasteiger partial charge in [-0.2, -0.15) is 0 Å². The maximum Gasteiger partial charge on any atom is 0.214 e. The van der Waals surface area contributed by atoms with Gasteiger partial charge >= 0.3 is 0 Å². The first-order valence-corrected chi connectivity index (χ1v) is 6.40. The third kappa shape index (κ3) is 3.25. The van der Waals surface area contributed by atoms with Crippen molar-refractivity contribution in [1.82, 2.24) is 4.72 Å². The van der Waals surface area contributed by atoms with E-state index in [1.165, 1.54) is 6.42 Å². The van der Waals surface area contributed by atoms with Crippen molar-refractivity contribution in [3.05, 3.63) is 0 Å². The van der Waals surface area contributed by atoms with Gasteiger partial charge in [0.25, 0.3) is 0 Å². The Bertz CT molecular complexity index is 233. The first kappa shape index (κ1) is 10.9. The summed E-state index contributed by atoms with van der Waals surface area (Å²) in [5.74, 6) is 0. The zero-order valence-corrected chi connectivity index (χ0v) is 8.65. The molecule has 0 radical (unpaired) electrons. The summed E-state index contributed by atoms with van der Waals surface area (Å²) in [6, 6.07) is 0. The molecule has 0 aromatic rings. The van der Waals surface area contributed by atoms with Crippen molar-refractivity contribution in [1.29, 1.82) is 0 Å². The fourth-order valence-electron chi connectivity index (χ4n) is 1.69. The Morgan fingerprint density at radius 2 is 1.85 bits per heavy atom. The van der Waals surface area contributed by atoms with Crippen LogP contribution in [0.2, 0.25) is 0 Å². The number of hydrogen-bond donors (Lipinski definition) is 2. The van der Waals surface area contributed by atoms with Crippen LogP contribution in [0.25, 0.3) is 0 Å². The van der Waals surface area contributed by atoms with Crippen LogP contribution in [0.4, 0.5) is 0 Å². The summed E-state index contributed by atoms with van der Waals surface area (Å²) >= 11 is 0. The van der Waals surface area contributed by atoms with Gasteiger partial charge in [-0.1, -0.05) is 19.3 Å². The molecule has 0 unspecified atom stereocenters. The average Bonchev–Trinajstić information content (AvgIpc) is 2.16. The first-order valence-electron chi connectivity index (χ1n) is 4.85. The van der Waals surface area contributed by atoms with Crippen molar-refractivity contribution in [3.8, 4) is 0 Å². The van der Waals surface area contributed by atoms with Crippen molar-refractivity contribution in [3.63, 3.8) is 0 Å². The number of hydrogen-bond acceptors (Lipinski definition) is 3. The fraction of sp³-hybridized carbons (Fsp3) is 1.00. The molecule has 0 atom stereocenters. The Morgan fingerprint density at radius 3 is 2.38 bits per heavy atom. The zero-order valence-electron chi connectivity index (χ0n) is 7.83. The van der Waals surface area contributed by atoms with E-state index in [0.29, 0.717) is 13.1 Å². The molecule has 78 valence electrons. The Labute approximate surface area is 79.9 Å². The maximum atomic E-state index is 11.6. The van der Waals surface area contributed by atoms with Crippen LogP contribution < -0.4 is 10.5 Å². The summed E-state index contributed by atoms with van der Waals surface area (Å²) in [6.07, 6.45) is 4.85. The van der Waals surface area contributed by atoms with Gasteiger partial charge in [-0.25, -0.2) is 13.1 Å². The molecule has 13 heavy (non-hydrogen) atoms. The predicted octanol–water partition coefficient (Wildman–Crippen LogP) is 0.197. The summed E-state index contributed by atoms with van der Waals surface area (Å²) in [6.45, 7) is 0.727. The smallest absolute Gasteiger partial charge is 0.214 e. The Morgan fingerprint density at radius 1 is 1.23 bits per heavy atom. The molecule has 1 aliphatic carbocycles. The molecule has 0 amide bonds. The van der Waals surface area contributed by atoms with Gasteiger partial charge in [0, 0.05) is 13.1 Å². The quantitative estimate of drug-likeness (QED) is 0.690. The van der Waals surface area contributed by atoms with Gasteiger partial charge in [0.1, 0.15) is 0 Å². The van der Waals surface area contributed by atoms with Crippen LogP contribution in [0.5, 0.6) is 0 Å². The van der Waals surface area contributed by atoms with E-state index in [1.54, 1.807) is 0 Å². The van der Waals surface area contributed by atoms with Crippen LogP contribution in [0, 0.1) is 0 Å². The Kier molecular flexibility index (Phi) is 4.15. The molecule has 1 fully saturated rings. The lowest BCUT2D eigenvalue weighted by Crippen LogP contribution is -2.38. The second-order valence-electron chi connectivity index (χ2n) is 3.49. The summed E-state index contributed by atoms with van der Waals surface area (Å²) < 4.78 is 25.7. The van der Waals surface area contributed by atoms with Gasteiger partial charge in [-0.05, 0) is 12.8 Å². The number of nitrogens with two attached hydrogens (primary N) is 1. The molecule has 0 spiro atoms. The molecule has 1 aliphatic rings. The molecule has 1 rings (SSSR count). The second kappa shape index (κ2) is 4.93. The highest BCUT2D eigenvalue weighted by Gasteiger charge is 2.26. The van der Waals surface area contributed by atoms with Gasteiger partial charge in [-0.15, -0.1) is 0 Å². The zero-order chi connectivity index (χ0) is 9.73. The van der Waals surface area contributed by atoms with Crippen LogP contribution in [0.1, 0.15) is 32.1 Å². The summed E-state index contributed by atoms with van der Waals surface area (Å²) in [5, 5.41) is -0.173. The average molecular weight is 206 g/mol. The van der Waals surface area contributed by atoms with Crippen LogP contribution in [0.3, 0.4) is 0 Å². The second-order valence-corrected chi connectivity index (χ2v) is 5.53. The minimum atomic E-state index is -3.08. The van der Waals surface area contributed by atoms with E-state index < -0.39 is 10.0 Å². The third-order valence-electron chi connectivity index (χ3n) is 2.44.